The fourth-order valence-electron chi connectivity index (χ4n) is 3.27. The molecule has 2 N–H and O–H groups in total. The first kappa shape index (κ1) is 15.5. The molecule has 2 aromatic carbocycles. The molecule has 2 heterocycles. The van der Waals surface area contributed by atoms with Gasteiger partial charge in [0.2, 0.25) is 12.7 Å². The highest BCUT2D eigenvalue weighted by Gasteiger charge is 2.33. The minimum absolute atomic E-state index is 0.00393. The Morgan fingerprint density at radius 3 is 2.76 bits per heavy atom. The van der Waals surface area contributed by atoms with E-state index in [1.807, 2.05) is 26.0 Å². The molecule has 4 rings (SSSR count). The van der Waals surface area contributed by atoms with Gasteiger partial charge in [0.15, 0.2) is 11.5 Å². The summed E-state index contributed by atoms with van der Waals surface area (Å²) in [4.78, 5) is 24.6. The Morgan fingerprint density at radius 2 is 1.96 bits per heavy atom. The summed E-state index contributed by atoms with van der Waals surface area (Å²) in [5, 5.41) is 5.77. The molecule has 0 bridgehead atoms. The summed E-state index contributed by atoms with van der Waals surface area (Å²) in [6, 6.07) is 10.5. The van der Waals surface area contributed by atoms with Crippen LogP contribution in [0.25, 0.3) is 0 Å². The Bertz CT molecular complexity index is 876. The van der Waals surface area contributed by atoms with Crippen molar-refractivity contribution in [2.75, 3.05) is 17.4 Å². The minimum Gasteiger partial charge on any atom is -0.454 e. The lowest BCUT2D eigenvalue weighted by molar-refractivity contribution is -0.117. The molecule has 2 amide bonds. The number of carbonyl (C=O) groups excluding carboxylic acids is 2. The fourth-order valence-corrected chi connectivity index (χ4v) is 3.27. The molecule has 2 aliphatic rings. The van der Waals surface area contributed by atoms with Crippen molar-refractivity contribution in [3.05, 3.63) is 47.5 Å². The number of hydrogen-bond donors (Lipinski definition) is 2. The molecule has 2 aromatic rings. The maximum atomic E-state index is 12.5. The smallest absolute Gasteiger partial charge is 0.255 e. The van der Waals surface area contributed by atoms with Gasteiger partial charge in [0.25, 0.3) is 5.91 Å². The molecular weight excluding hydrogens is 320 g/mol. The summed E-state index contributed by atoms with van der Waals surface area (Å²) in [5.41, 5.74) is 2.87. The van der Waals surface area contributed by atoms with Crippen molar-refractivity contribution in [1.29, 1.82) is 0 Å². The van der Waals surface area contributed by atoms with E-state index in [0.717, 1.165) is 11.3 Å². The summed E-state index contributed by atoms with van der Waals surface area (Å²) in [6.07, 6.45) is 0. The Balaban J connectivity index is 1.58. The van der Waals surface area contributed by atoms with Gasteiger partial charge in [-0.05, 0) is 47.9 Å². The van der Waals surface area contributed by atoms with Crippen LogP contribution in [0.4, 0.5) is 11.4 Å². The highest BCUT2D eigenvalue weighted by molar-refractivity contribution is 6.06. The molecule has 6 heteroatoms. The normalized spacial score (nSPS) is 17.4. The van der Waals surface area contributed by atoms with Gasteiger partial charge in [-0.2, -0.15) is 0 Å². The first-order valence-corrected chi connectivity index (χ1v) is 8.19. The number of fused-ring (bicyclic) bond motifs is 2. The van der Waals surface area contributed by atoms with E-state index < -0.39 is 0 Å². The summed E-state index contributed by atoms with van der Waals surface area (Å²) >= 11 is 0. The predicted octanol–water partition coefficient (Wildman–Crippen LogP) is 3.36. The number of benzene rings is 2. The van der Waals surface area contributed by atoms with Crippen molar-refractivity contribution in [2.45, 2.75) is 19.8 Å². The highest BCUT2D eigenvalue weighted by Crippen LogP contribution is 2.39. The van der Waals surface area contributed by atoms with Crippen LogP contribution >= 0.6 is 0 Å². The van der Waals surface area contributed by atoms with Crippen molar-refractivity contribution in [2.24, 2.45) is 5.92 Å². The molecule has 0 saturated heterocycles. The van der Waals surface area contributed by atoms with Crippen LogP contribution in [0.15, 0.2) is 36.4 Å². The van der Waals surface area contributed by atoms with Gasteiger partial charge in [-0.15, -0.1) is 0 Å². The molecule has 1 unspecified atom stereocenters. The molecule has 6 nitrogen and oxygen atoms in total. The Morgan fingerprint density at radius 1 is 1.16 bits per heavy atom. The standard InChI is InChI=1S/C19H18N2O4/c1-10(2)17-13-8-12(4-5-14(13)21-19(17)23)20-18(22)11-3-6-15-16(7-11)25-9-24-15/h3-8,10,17H,9H2,1-2H3,(H,20,22)(H,21,23). The first-order valence-electron chi connectivity index (χ1n) is 8.19. The quantitative estimate of drug-likeness (QED) is 0.900. The Hall–Kier alpha value is -3.02. The van der Waals surface area contributed by atoms with E-state index in [0.29, 0.717) is 22.7 Å². The van der Waals surface area contributed by atoms with Gasteiger partial charge in [-0.1, -0.05) is 13.8 Å². The zero-order chi connectivity index (χ0) is 17.6. The van der Waals surface area contributed by atoms with Gasteiger partial charge in [-0.25, -0.2) is 0 Å². The topological polar surface area (TPSA) is 76.7 Å². The van der Waals surface area contributed by atoms with E-state index in [-0.39, 0.29) is 30.4 Å². The lowest BCUT2D eigenvalue weighted by Crippen LogP contribution is -2.17. The van der Waals surface area contributed by atoms with Crippen molar-refractivity contribution in [1.82, 2.24) is 0 Å². The number of rotatable bonds is 3. The van der Waals surface area contributed by atoms with Crippen LogP contribution in [-0.2, 0) is 4.79 Å². The van der Waals surface area contributed by atoms with Gasteiger partial charge in [-0.3, -0.25) is 9.59 Å². The van der Waals surface area contributed by atoms with Crippen LogP contribution in [0.3, 0.4) is 0 Å². The van der Waals surface area contributed by atoms with E-state index in [9.17, 15) is 9.59 Å². The molecule has 0 saturated carbocycles. The van der Waals surface area contributed by atoms with E-state index in [1.165, 1.54) is 0 Å². The van der Waals surface area contributed by atoms with Gasteiger partial charge >= 0.3 is 0 Å². The molecule has 2 aliphatic heterocycles. The molecular formula is C19H18N2O4. The average molecular weight is 338 g/mol. The minimum atomic E-state index is -0.239. The van der Waals surface area contributed by atoms with E-state index in [1.54, 1.807) is 24.3 Å². The predicted molar refractivity (Wildman–Crippen MR) is 93.2 cm³/mol. The van der Waals surface area contributed by atoms with E-state index in [4.69, 9.17) is 9.47 Å². The maximum absolute atomic E-state index is 12.5. The molecule has 0 spiro atoms. The largest absolute Gasteiger partial charge is 0.454 e. The van der Waals surface area contributed by atoms with Crippen LogP contribution in [0.2, 0.25) is 0 Å². The Kier molecular flexibility index (Phi) is 3.60. The molecule has 25 heavy (non-hydrogen) atoms. The zero-order valence-corrected chi connectivity index (χ0v) is 14.0. The number of carbonyl (C=O) groups is 2. The third-order valence-electron chi connectivity index (χ3n) is 4.49. The number of anilines is 2. The van der Waals surface area contributed by atoms with Crippen LogP contribution in [0.5, 0.6) is 11.5 Å². The van der Waals surface area contributed by atoms with Gasteiger partial charge in [0.05, 0.1) is 5.92 Å². The first-order chi connectivity index (χ1) is 12.0. The van der Waals surface area contributed by atoms with Gasteiger partial charge in [0.1, 0.15) is 0 Å². The SMILES string of the molecule is CC(C)C1C(=O)Nc2ccc(NC(=O)c3ccc4c(c3)OCO4)cc21. The molecule has 0 aromatic heterocycles. The monoisotopic (exact) mass is 338 g/mol. The Labute approximate surface area is 145 Å². The highest BCUT2D eigenvalue weighted by atomic mass is 16.7. The van der Waals surface area contributed by atoms with Crippen LogP contribution in [0, 0.1) is 5.92 Å². The van der Waals surface area contributed by atoms with Crippen LogP contribution in [-0.4, -0.2) is 18.6 Å². The number of amides is 2. The fraction of sp³-hybridized carbons (Fsp3) is 0.263. The van der Waals surface area contributed by atoms with E-state index in [2.05, 4.69) is 10.6 Å². The lowest BCUT2D eigenvalue weighted by Gasteiger charge is -2.14. The summed E-state index contributed by atoms with van der Waals surface area (Å²) in [7, 11) is 0. The van der Waals surface area contributed by atoms with Gasteiger partial charge < -0.3 is 20.1 Å². The molecule has 0 radical (unpaired) electrons. The molecule has 0 fully saturated rings. The van der Waals surface area contributed by atoms with Crippen molar-refractivity contribution >= 4 is 23.2 Å². The second kappa shape index (κ2) is 5.81. The second-order valence-electron chi connectivity index (χ2n) is 6.54. The average Bonchev–Trinajstić information content (AvgIpc) is 3.16. The van der Waals surface area contributed by atoms with Crippen LogP contribution in [0.1, 0.15) is 35.7 Å². The molecule has 1 atom stereocenters. The van der Waals surface area contributed by atoms with Gasteiger partial charge in [0, 0.05) is 16.9 Å². The molecule has 128 valence electrons. The third kappa shape index (κ3) is 2.69. The zero-order valence-electron chi connectivity index (χ0n) is 14.0. The summed E-state index contributed by atoms with van der Waals surface area (Å²) in [6.45, 7) is 4.19. The van der Waals surface area contributed by atoms with Crippen molar-refractivity contribution in [3.8, 4) is 11.5 Å². The number of nitrogens with one attached hydrogen (secondary N) is 2. The van der Waals surface area contributed by atoms with E-state index >= 15 is 0 Å². The van der Waals surface area contributed by atoms with Crippen molar-refractivity contribution < 1.29 is 19.1 Å². The summed E-state index contributed by atoms with van der Waals surface area (Å²) < 4.78 is 10.6. The summed E-state index contributed by atoms with van der Waals surface area (Å²) in [5.74, 6) is 0.953. The second-order valence-corrected chi connectivity index (χ2v) is 6.54. The lowest BCUT2D eigenvalue weighted by atomic mass is 9.89. The van der Waals surface area contributed by atoms with Crippen LogP contribution < -0.4 is 20.1 Å². The van der Waals surface area contributed by atoms with Crippen molar-refractivity contribution in [3.63, 3.8) is 0 Å². The number of ether oxygens (including phenoxy) is 2. The third-order valence-corrected chi connectivity index (χ3v) is 4.49. The molecule has 0 aliphatic carbocycles. The maximum Gasteiger partial charge on any atom is 0.255 e. The number of hydrogen-bond acceptors (Lipinski definition) is 4.